The number of hydrogen-bond acceptors (Lipinski definition) is 1. The molecule has 0 saturated heterocycles. The Morgan fingerprint density at radius 3 is 2.33 bits per heavy atom. The second kappa shape index (κ2) is 4.50. The molecule has 0 N–H and O–H groups in total. The highest BCUT2D eigenvalue weighted by atomic mass is 79.9. The molecular formula is C13H13BrS. The van der Waals surface area contributed by atoms with Crippen molar-refractivity contribution in [1.82, 2.24) is 0 Å². The Hall–Kier alpha value is -0.600. The van der Waals surface area contributed by atoms with Gasteiger partial charge in [0, 0.05) is 20.6 Å². The average molecular weight is 281 g/mol. The van der Waals surface area contributed by atoms with Gasteiger partial charge in [0.15, 0.2) is 0 Å². The number of benzene rings is 1. The largest absolute Gasteiger partial charge is 0.145 e. The molecule has 2 heteroatoms. The molecule has 0 saturated carbocycles. The first kappa shape index (κ1) is 10.9. The van der Waals surface area contributed by atoms with E-state index in [1.807, 2.05) is 11.3 Å². The Balaban J connectivity index is 2.18. The number of hydrogen-bond donors (Lipinski definition) is 0. The lowest BCUT2D eigenvalue weighted by atomic mass is 10.1. The van der Waals surface area contributed by atoms with Crippen LogP contribution in [0.5, 0.6) is 0 Å². The van der Waals surface area contributed by atoms with E-state index < -0.39 is 0 Å². The van der Waals surface area contributed by atoms with Gasteiger partial charge in [-0.2, -0.15) is 0 Å². The fourth-order valence-electron chi connectivity index (χ4n) is 1.54. The molecule has 0 amide bonds. The topological polar surface area (TPSA) is 0 Å². The smallest absolute Gasteiger partial charge is 0.0175 e. The van der Waals surface area contributed by atoms with Crippen LogP contribution in [0, 0.1) is 13.8 Å². The van der Waals surface area contributed by atoms with E-state index in [4.69, 9.17) is 0 Å². The first-order valence-electron chi connectivity index (χ1n) is 4.95. The number of thiophene rings is 1. The van der Waals surface area contributed by atoms with Crippen molar-refractivity contribution in [3.8, 4) is 0 Å². The van der Waals surface area contributed by atoms with Crippen molar-refractivity contribution >= 4 is 27.3 Å². The van der Waals surface area contributed by atoms with Crippen LogP contribution in [0.25, 0.3) is 0 Å². The minimum absolute atomic E-state index is 1.05. The molecule has 1 aromatic carbocycles. The summed E-state index contributed by atoms with van der Waals surface area (Å²) in [5, 5.41) is 0. The quantitative estimate of drug-likeness (QED) is 0.747. The van der Waals surface area contributed by atoms with Gasteiger partial charge < -0.3 is 0 Å². The lowest BCUT2D eigenvalue weighted by Gasteiger charge is -1.98. The molecule has 78 valence electrons. The van der Waals surface area contributed by atoms with Gasteiger partial charge in [0.25, 0.3) is 0 Å². The maximum Gasteiger partial charge on any atom is 0.0175 e. The van der Waals surface area contributed by atoms with E-state index in [1.54, 1.807) is 0 Å². The van der Waals surface area contributed by atoms with Gasteiger partial charge in [-0.1, -0.05) is 28.1 Å². The zero-order valence-electron chi connectivity index (χ0n) is 8.88. The maximum atomic E-state index is 3.45. The van der Waals surface area contributed by atoms with Crippen LogP contribution in [0.15, 0.2) is 34.8 Å². The number of halogens is 1. The molecule has 0 fully saturated rings. The zero-order chi connectivity index (χ0) is 10.8. The summed E-state index contributed by atoms with van der Waals surface area (Å²) in [6.45, 7) is 4.36. The Bertz CT molecular complexity index is 434. The van der Waals surface area contributed by atoms with E-state index in [0.717, 1.165) is 10.9 Å². The molecule has 0 aliphatic heterocycles. The van der Waals surface area contributed by atoms with Crippen molar-refractivity contribution in [2.45, 2.75) is 20.3 Å². The van der Waals surface area contributed by atoms with Gasteiger partial charge in [-0.15, -0.1) is 11.3 Å². The zero-order valence-corrected chi connectivity index (χ0v) is 11.3. The van der Waals surface area contributed by atoms with Crippen molar-refractivity contribution in [3.63, 3.8) is 0 Å². The molecule has 2 aromatic rings. The highest BCUT2D eigenvalue weighted by Gasteiger charge is 2.02. The van der Waals surface area contributed by atoms with Crippen LogP contribution in [-0.2, 0) is 6.42 Å². The van der Waals surface area contributed by atoms with Crippen molar-refractivity contribution in [2.75, 3.05) is 0 Å². The van der Waals surface area contributed by atoms with Gasteiger partial charge in [0.05, 0.1) is 0 Å². The van der Waals surface area contributed by atoms with E-state index in [1.165, 1.54) is 20.9 Å². The lowest BCUT2D eigenvalue weighted by molar-refractivity contribution is 1.23. The number of rotatable bonds is 2. The fraction of sp³-hybridized carbons (Fsp3) is 0.231. The second-order valence-corrected chi connectivity index (χ2v) is 6.01. The Labute approximate surface area is 103 Å². The van der Waals surface area contributed by atoms with E-state index in [2.05, 4.69) is 60.1 Å². The minimum Gasteiger partial charge on any atom is -0.145 e. The molecule has 0 aliphatic carbocycles. The summed E-state index contributed by atoms with van der Waals surface area (Å²) in [5.41, 5.74) is 2.78. The van der Waals surface area contributed by atoms with Crippen molar-refractivity contribution in [3.05, 3.63) is 55.7 Å². The first-order valence-corrected chi connectivity index (χ1v) is 6.56. The minimum atomic E-state index is 1.05. The molecule has 0 nitrogen and oxygen atoms in total. The molecule has 0 aliphatic rings. The molecule has 15 heavy (non-hydrogen) atoms. The normalized spacial score (nSPS) is 10.6. The molecule has 0 radical (unpaired) electrons. The summed E-state index contributed by atoms with van der Waals surface area (Å²) in [6, 6.07) is 10.8. The average Bonchev–Trinajstić information content (AvgIpc) is 2.50. The predicted molar refractivity (Wildman–Crippen MR) is 70.7 cm³/mol. The molecule has 0 bridgehead atoms. The van der Waals surface area contributed by atoms with Crippen LogP contribution in [0.4, 0.5) is 0 Å². The molecule has 1 heterocycles. The van der Waals surface area contributed by atoms with Crippen molar-refractivity contribution < 1.29 is 0 Å². The summed E-state index contributed by atoms with van der Waals surface area (Å²) in [4.78, 5) is 2.88. The fourth-order valence-corrected chi connectivity index (χ4v) is 2.89. The first-order chi connectivity index (χ1) is 7.15. The molecule has 0 atom stereocenters. The van der Waals surface area contributed by atoms with E-state index in [-0.39, 0.29) is 0 Å². The molecule has 0 spiro atoms. The van der Waals surface area contributed by atoms with Gasteiger partial charge in [0.1, 0.15) is 0 Å². The van der Waals surface area contributed by atoms with Crippen molar-refractivity contribution in [1.29, 1.82) is 0 Å². The van der Waals surface area contributed by atoms with Gasteiger partial charge in [-0.25, -0.2) is 0 Å². The second-order valence-electron chi connectivity index (χ2n) is 3.76. The highest BCUT2D eigenvalue weighted by molar-refractivity contribution is 9.10. The van der Waals surface area contributed by atoms with Crippen LogP contribution in [0.1, 0.15) is 20.9 Å². The van der Waals surface area contributed by atoms with Gasteiger partial charge in [-0.3, -0.25) is 0 Å². The molecule has 1 aromatic heterocycles. The third-order valence-corrected chi connectivity index (χ3v) is 4.19. The standard InChI is InChI=1S/C13H13BrS/c1-9-7-13(15-10(9)2)8-11-3-5-12(14)6-4-11/h3-7H,8H2,1-2H3. The Kier molecular flexibility index (Phi) is 3.27. The summed E-state index contributed by atoms with van der Waals surface area (Å²) < 4.78 is 1.14. The predicted octanol–water partition coefficient (Wildman–Crippen LogP) is 4.72. The summed E-state index contributed by atoms with van der Waals surface area (Å²) in [6.07, 6.45) is 1.05. The van der Waals surface area contributed by atoms with Crippen LogP contribution in [-0.4, -0.2) is 0 Å². The third kappa shape index (κ3) is 2.70. The van der Waals surface area contributed by atoms with Crippen LogP contribution in [0.3, 0.4) is 0 Å². The SMILES string of the molecule is Cc1cc(Cc2ccc(Br)cc2)sc1C. The van der Waals surface area contributed by atoms with Crippen LogP contribution >= 0.6 is 27.3 Å². The molecular weight excluding hydrogens is 268 g/mol. The highest BCUT2D eigenvalue weighted by Crippen LogP contribution is 2.23. The van der Waals surface area contributed by atoms with Gasteiger partial charge >= 0.3 is 0 Å². The van der Waals surface area contributed by atoms with E-state index >= 15 is 0 Å². The Morgan fingerprint density at radius 2 is 1.80 bits per heavy atom. The monoisotopic (exact) mass is 280 g/mol. The van der Waals surface area contributed by atoms with E-state index in [9.17, 15) is 0 Å². The summed E-state index contributed by atoms with van der Waals surface area (Å²) in [7, 11) is 0. The van der Waals surface area contributed by atoms with Gasteiger partial charge in [0.2, 0.25) is 0 Å². The Morgan fingerprint density at radius 1 is 1.13 bits per heavy atom. The number of aryl methyl sites for hydroxylation is 2. The van der Waals surface area contributed by atoms with Crippen LogP contribution < -0.4 is 0 Å². The summed E-state index contributed by atoms with van der Waals surface area (Å²) >= 11 is 5.35. The third-order valence-electron chi connectivity index (χ3n) is 2.51. The van der Waals surface area contributed by atoms with Crippen LogP contribution in [0.2, 0.25) is 0 Å². The maximum absolute atomic E-state index is 3.45. The van der Waals surface area contributed by atoms with E-state index in [0.29, 0.717) is 0 Å². The van der Waals surface area contributed by atoms with Gasteiger partial charge in [-0.05, 0) is 43.2 Å². The lowest BCUT2D eigenvalue weighted by Crippen LogP contribution is -1.83. The molecule has 0 unspecified atom stereocenters. The molecule has 2 rings (SSSR count). The summed E-state index contributed by atoms with van der Waals surface area (Å²) in [5.74, 6) is 0. The van der Waals surface area contributed by atoms with Crippen molar-refractivity contribution in [2.24, 2.45) is 0 Å².